The molecular formula is H8CaN2O7P2. The summed E-state index contributed by atoms with van der Waals surface area (Å²) in [5.74, 6) is 0. The predicted octanol–water partition coefficient (Wildman–Crippen LogP) is -2.13. The van der Waals surface area contributed by atoms with E-state index >= 15 is 0 Å². The minimum Gasteiger partial charge on any atom is -0.789 e. The Kier molecular flexibility index (Phi) is 15.2. The van der Waals surface area contributed by atoms with Crippen LogP contribution in [0.5, 0.6) is 0 Å². The number of rotatable bonds is 2. The maximum Gasteiger partial charge on any atom is 2.00 e. The molecular weight excluding hydrogens is 242 g/mol. The largest absolute Gasteiger partial charge is 2.00 e. The Morgan fingerprint density at radius 2 is 1.33 bits per heavy atom. The first-order valence-electron chi connectivity index (χ1n) is 1.50. The van der Waals surface area contributed by atoms with Crippen molar-refractivity contribution < 1.29 is 33.0 Å². The minimum atomic E-state index is -5.55. The van der Waals surface area contributed by atoms with Crippen LogP contribution in [0.3, 0.4) is 0 Å². The quantitative estimate of drug-likeness (QED) is 0.311. The van der Waals surface area contributed by atoms with Gasteiger partial charge in [0.2, 0.25) is 0 Å². The summed E-state index contributed by atoms with van der Waals surface area (Å²) < 4.78 is 21.7. The van der Waals surface area contributed by atoms with Gasteiger partial charge < -0.3 is 36.4 Å². The molecule has 0 saturated heterocycles. The molecule has 0 radical (unpaired) electrons. The first-order chi connectivity index (χ1) is 3.71. The molecule has 0 atom stereocenters. The second-order valence-corrected chi connectivity index (χ2v) is 3.55. The molecule has 0 heterocycles. The molecule has 0 saturated carbocycles. The molecule has 0 aromatic heterocycles. The van der Waals surface area contributed by atoms with Crippen LogP contribution in [0.25, 0.3) is 0 Å². The molecule has 9 nitrogen and oxygen atoms in total. The van der Waals surface area contributed by atoms with Crippen LogP contribution < -0.4 is 22.1 Å². The van der Waals surface area contributed by atoms with Gasteiger partial charge in [-0.25, -0.2) is 4.57 Å². The van der Waals surface area contributed by atoms with E-state index in [1.165, 1.54) is 0 Å². The molecule has 0 aliphatic carbocycles. The van der Waals surface area contributed by atoms with Crippen molar-refractivity contribution in [1.82, 2.24) is 12.3 Å². The van der Waals surface area contributed by atoms with E-state index in [9.17, 15) is 18.9 Å². The Balaban J connectivity index is -0.000000107. The van der Waals surface area contributed by atoms with Crippen molar-refractivity contribution in [2.24, 2.45) is 0 Å². The molecule has 0 amide bonds. The molecule has 0 fully saturated rings. The Morgan fingerprint density at radius 1 is 1.08 bits per heavy atom. The van der Waals surface area contributed by atoms with E-state index in [1.54, 1.807) is 0 Å². The zero-order chi connectivity index (χ0) is 7.71. The van der Waals surface area contributed by atoms with Crippen molar-refractivity contribution in [3.8, 4) is 0 Å². The summed E-state index contributed by atoms with van der Waals surface area (Å²) in [6, 6.07) is 0. The van der Waals surface area contributed by atoms with Gasteiger partial charge in [-0.1, -0.05) is 0 Å². The van der Waals surface area contributed by atoms with Crippen molar-refractivity contribution in [1.29, 1.82) is 0 Å². The van der Waals surface area contributed by atoms with E-state index in [0.717, 1.165) is 0 Å². The Hall–Kier alpha value is 1.44. The summed E-state index contributed by atoms with van der Waals surface area (Å²) in [7, 11) is -10.7. The molecule has 0 aliphatic heterocycles. The third kappa shape index (κ3) is 22.5. The SMILES string of the molecule is N.N.O=P([O-])([O-])OP(=O)(O)O.[Ca+2]. The molecule has 0 bridgehead atoms. The number of hydrogen-bond acceptors (Lipinski definition) is 7. The van der Waals surface area contributed by atoms with Gasteiger partial charge in [0.25, 0.3) is 0 Å². The molecule has 0 spiro atoms. The third-order valence-corrected chi connectivity index (χ3v) is 1.86. The Morgan fingerprint density at radius 3 is 1.33 bits per heavy atom. The van der Waals surface area contributed by atoms with E-state index in [-0.39, 0.29) is 50.0 Å². The summed E-state index contributed by atoms with van der Waals surface area (Å²) in [4.78, 5) is 34.1. The summed E-state index contributed by atoms with van der Waals surface area (Å²) in [5, 5.41) is 0. The zero-order valence-corrected chi connectivity index (χ0v) is 9.95. The average Bonchev–Trinajstić information content (AvgIpc) is 1.14. The van der Waals surface area contributed by atoms with Crippen LogP contribution in [0.2, 0.25) is 0 Å². The molecule has 0 rings (SSSR count). The maximum atomic E-state index is 9.55. The van der Waals surface area contributed by atoms with Crippen molar-refractivity contribution in [3.63, 3.8) is 0 Å². The first-order valence-corrected chi connectivity index (χ1v) is 4.49. The van der Waals surface area contributed by atoms with Crippen LogP contribution >= 0.6 is 15.6 Å². The second kappa shape index (κ2) is 7.81. The van der Waals surface area contributed by atoms with Gasteiger partial charge in [-0.15, -0.1) is 0 Å². The second-order valence-electron chi connectivity index (χ2n) is 1.02. The van der Waals surface area contributed by atoms with Crippen LogP contribution in [0.4, 0.5) is 0 Å². The maximum absolute atomic E-state index is 9.55. The van der Waals surface area contributed by atoms with Crippen LogP contribution in [-0.4, -0.2) is 47.5 Å². The molecule has 8 N–H and O–H groups in total. The monoisotopic (exact) mass is 250 g/mol. The van der Waals surface area contributed by atoms with Crippen molar-refractivity contribution in [2.75, 3.05) is 0 Å². The van der Waals surface area contributed by atoms with Gasteiger partial charge in [-0.3, -0.25) is 4.31 Å². The molecule has 0 aromatic rings. The molecule has 12 heteroatoms. The molecule has 0 aromatic carbocycles. The van der Waals surface area contributed by atoms with Crippen LogP contribution in [-0.2, 0) is 13.4 Å². The fourth-order valence-electron chi connectivity index (χ4n) is 0.130. The summed E-state index contributed by atoms with van der Waals surface area (Å²) >= 11 is 0. The summed E-state index contributed by atoms with van der Waals surface area (Å²) in [6.45, 7) is 0. The van der Waals surface area contributed by atoms with Crippen LogP contribution in [0, 0.1) is 0 Å². The first kappa shape index (κ1) is 23.3. The smallest absolute Gasteiger partial charge is 0.789 e. The summed E-state index contributed by atoms with van der Waals surface area (Å²) in [5.41, 5.74) is 0. The summed E-state index contributed by atoms with van der Waals surface area (Å²) in [6.07, 6.45) is 0. The van der Waals surface area contributed by atoms with E-state index < -0.39 is 15.6 Å². The van der Waals surface area contributed by atoms with E-state index in [1.807, 2.05) is 0 Å². The van der Waals surface area contributed by atoms with Crippen LogP contribution in [0.15, 0.2) is 0 Å². The van der Waals surface area contributed by atoms with Gasteiger partial charge in [-0.05, 0) is 0 Å². The van der Waals surface area contributed by atoms with E-state index in [2.05, 4.69) is 4.31 Å². The third-order valence-electron chi connectivity index (χ3n) is 0.206. The number of phosphoric acid groups is 2. The minimum absolute atomic E-state index is 0. The Bertz CT molecular complexity index is 160. The number of hydrogen-bond donors (Lipinski definition) is 4. The fraction of sp³-hybridized carbons (Fsp3) is 0. The molecule has 0 aliphatic rings. The topological polar surface area (TPSA) is 200 Å². The fourth-order valence-corrected chi connectivity index (χ4v) is 1.17. The van der Waals surface area contributed by atoms with Gasteiger partial charge in [0, 0.05) is 0 Å². The van der Waals surface area contributed by atoms with Gasteiger partial charge in [0.1, 0.15) is 0 Å². The predicted molar refractivity (Wildman–Crippen MR) is 36.5 cm³/mol. The zero-order valence-electron chi connectivity index (χ0n) is 5.95. The Labute approximate surface area is 98.2 Å². The van der Waals surface area contributed by atoms with Crippen molar-refractivity contribution >= 4 is 53.4 Å². The molecule has 12 heavy (non-hydrogen) atoms. The van der Waals surface area contributed by atoms with Crippen molar-refractivity contribution in [3.05, 3.63) is 0 Å². The van der Waals surface area contributed by atoms with E-state index in [4.69, 9.17) is 9.79 Å². The van der Waals surface area contributed by atoms with Crippen LogP contribution in [0.1, 0.15) is 0 Å². The van der Waals surface area contributed by atoms with Crippen molar-refractivity contribution in [2.45, 2.75) is 0 Å². The average molecular weight is 250 g/mol. The van der Waals surface area contributed by atoms with Gasteiger partial charge in [0.05, 0.1) is 7.82 Å². The van der Waals surface area contributed by atoms with Gasteiger partial charge in [0.15, 0.2) is 0 Å². The van der Waals surface area contributed by atoms with Gasteiger partial charge >= 0.3 is 45.6 Å². The standard InChI is InChI=1S/Ca.2H3N.H4O7P2/c;;;1-8(2,3)7-9(4,5)6/h;2*1H3;(H2,1,2,3)(H2,4,5,6)/q+2;;;/p-2. The van der Waals surface area contributed by atoms with E-state index in [0.29, 0.717) is 0 Å². The molecule has 0 unspecified atom stereocenters. The normalized spacial score (nSPS) is 10.3. The molecule has 72 valence electrons. The van der Waals surface area contributed by atoms with Gasteiger partial charge in [-0.2, -0.15) is 0 Å².